The lowest BCUT2D eigenvalue weighted by molar-refractivity contribution is 0.197. The van der Waals surface area contributed by atoms with Gasteiger partial charge in [-0.3, -0.25) is 0 Å². The lowest BCUT2D eigenvalue weighted by Crippen LogP contribution is -2.20. The summed E-state index contributed by atoms with van der Waals surface area (Å²) in [6.07, 6.45) is 8.55. The van der Waals surface area contributed by atoms with Crippen LogP contribution in [0.4, 0.5) is 0 Å². The van der Waals surface area contributed by atoms with Crippen molar-refractivity contribution in [3.8, 4) is 0 Å². The van der Waals surface area contributed by atoms with Crippen LogP contribution in [0.1, 0.15) is 80.1 Å². The molecular formula is C17H34. The molecule has 17 heavy (non-hydrogen) atoms. The zero-order valence-electron chi connectivity index (χ0n) is 13.1. The molecule has 0 aromatic rings. The molecule has 1 fully saturated rings. The molecule has 1 rings (SSSR count). The van der Waals surface area contributed by atoms with Crippen LogP contribution in [0.25, 0.3) is 0 Å². The zero-order chi connectivity index (χ0) is 13.1. The molecule has 0 heterocycles. The van der Waals surface area contributed by atoms with Gasteiger partial charge in [0, 0.05) is 0 Å². The highest BCUT2D eigenvalue weighted by Gasteiger charge is 2.37. The van der Waals surface area contributed by atoms with E-state index in [1.807, 2.05) is 0 Å². The summed E-state index contributed by atoms with van der Waals surface area (Å²) in [5, 5.41) is 0. The molecule has 1 saturated carbocycles. The third-order valence-electron chi connectivity index (χ3n) is 5.36. The summed E-state index contributed by atoms with van der Waals surface area (Å²) in [6.45, 7) is 14.4. The molecule has 0 aromatic carbocycles. The quantitative estimate of drug-likeness (QED) is 0.493. The van der Waals surface area contributed by atoms with Crippen molar-refractivity contribution < 1.29 is 0 Å². The second-order valence-corrected chi connectivity index (χ2v) is 7.27. The Hall–Kier alpha value is 0. The van der Waals surface area contributed by atoms with Crippen molar-refractivity contribution in [3.63, 3.8) is 0 Å². The topological polar surface area (TPSA) is 0 Å². The van der Waals surface area contributed by atoms with Crippen LogP contribution in [0.2, 0.25) is 0 Å². The van der Waals surface area contributed by atoms with Crippen molar-refractivity contribution in [2.45, 2.75) is 80.1 Å². The van der Waals surface area contributed by atoms with Gasteiger partial charge in [0.05, 0.1) is 0 Å². The lowest BCUT2D eigenvalue weighted by Gasteiger charge is -2.31. The van der Waals surface area contributed by atoms with Crippen LogP contribution in [0, 0.1) is 29.1 Å². The van der Waals surface area contributed by atoms with Gasteiger partial charge in [-0.15, -0.1) is 0 Å². The van der Waals surface area contributed by atoms with Gasteiger partial charge in [-0.25, -0.2) is 0 Å². The number of hydrogen-bond acceptors (Lipinski definition) is 0. The van der Waals surface area contributed by atoms with Crippen LogP contribution < -0.4 is 0 Å². The monoisotopic (exact) mass is 238 g/mol. The average Bonchev–Trinajstić information content (AvgIpc) is 3.03. The van der Waals surface area contributed by atoms with Gasteiger partial charge in [-0.2, -0.15) is 0 Å². The molecule has 0 radical (unpaired) electrons. The van der Waals surface area contributed by atoms with Crippen molar-refractivity contribution in [2.75, 3.05) is 0 Å². The highest BCUT2D eigenvalue weighted by atomic mass is 14.4. The summed E-state index contributed by atoms with van der Waals surface area (Å²) in [6, 6.07) is 0. The summed E-state index contributed by atoms with van der Waals surface area (Å²) in [5.41, 5.74) is 0.542. The third-order valence-corrected chi connectivity index (χ3v) is 5.36. The smallest absolute Gasteiger partial charge is 0.0354 e. The van der Waals surface area contributed by atoms with E-state index >= 15 is 0 Å². The van der Waals surface area contributed by atoms with Gasteiger partial charge in [0.15, 0.2) is 0 Å². The molecule has 0 aliphatic heterocycles. The summed E-state index contributed by atoms with van der Waals surface area (Å²) in [5.74, 6) is 4.04. The molecule has 0 saturated heterocycles. The fraction of sp³-hybridized carbons (Fsp3) is 1.00. The van der Waals surface area contributed by atoms with Crippen molar-refractivity contribution in [2.24, 2.45) is 29.1 Å². The first-order valence-electron chi connectivity index (χ1n) is 7.93. The van der Waals surface area contributed by atoms with Crippen LogP contribution in [0.3, 0.4) is 0 Å². The maximum atomic E-state index is 2.49. The van der Waals surface area contributed by atoms with Gasteiger partial charge in [-0.05, 0) is 48.3 Å². The minimum Gasteiger partial charge on any atom is -0.0651 e. The molecule has 0 heteroatoms. The molecule has 1 aliphatic rings. The molecule has 1 aliphatic carbocycles. The summed E-state index contributed by atoms with van der Waals surface area (Å²) in [7, 11) is 0. The van der Waals surface area contributed by atoms with Gasteiger partial charge < -0.3 is 0 Å². The second-order valence-electron chi connectivity index (χ2n) is 7.27. The van der Waals surface area contributed by atoms with E-state index in [2.05, 4.69) is 41.5 Å². The van der Waals surface area contributed by atoms with E-state index in [0.717, 1.165) is 23.7 Å². The van der Waals surface area contributed by atoms with Gasteiger partial charge in [0.25, 0.3) is 0 Å². The number of hydrogen-bond donors (Lipinski definition) is 0. The number of rotatable bonds is 8. The van der Waals surface area contributed by atoms with Crippen LogP contribution in [-0.2, 0) is 0 Å². The largest absolute Gasteiger partial charge is 0.0651 e. The normalized spacial score (nSPS) is 27.9. The van der Waals surface area contributed by atoms with E-state index in [1.165, 1.54) is 38.5 Å². The van der Waals surface area contributed by atoms with Crippen LogP contribution >= 0.6 is 0 Å². The van der Waals surface area contributed by atoms with Gasteiger partial charge in [0.2, 0.25) is 0 Å². The predicted molar refractivity (Wildman–Crippen MR) is 78.1 cm³/mol. The van der Waals surface area contributed by atoms with Gasteiger partial charge in [-0.1, -0.05) is 60.8 Å². The molecule has 0 aromatic heterocycles. The van der Waals surface area contributed by atoms with Gasteiger partial charge in [0.1, 0.15) is 0 Å². The summed E-state index contributed by atoms with van der Waals surface area (Å²) >= 11 is 0. The van der Waals surface area contributed by atoms with Crippen LogP contribution in [0.15, 0.2) is 0 Å². The Morgan fingerprint density at radius 1 is 1.12 bits per heavy atom. The first-order valence-corrected chi connectivity index (χ1v) is 7.93. The maximum absolute atomic E-state index is 2.49. The minimum absolute atomic E-state index is 0.542. The first-order chi connectivity index (χ1) is 7.93. The first kappa shape index (κ1) is 15.1. The molecule has 0 nitrogen and oxygen atoms in total. The van der Waals surface area contributed by atoms with E-state index in [9.17, 15) is 0 Å². The molecule has 0 bridgehead atoms. The molecule has 0 spiro atoms. The molecule has 0 amide bonds. The maximum Gasteiger partial charge on any atom is -0.0354 e. The Morgan fingerprint density at radius 3 is 2.18 bits per heavy atom. The Morgan fingerprint density at radius 2 is 1.76 bits per heavy atom. The molecule has 4 unspecified atom stereocenters. The second kappa shape index (κ2) is 6.25. The SMILES string of the molecule is CCC(CC1CC1CC)C(C)CC(C)(C)CC. The Balaban J connectivity index is 2.39. The highest BCUT2D eigenvalue weighted by Crippen LogP contribution is 2.47. The Bertz CT molecular complexity index is 216. The van der Waals surface area contributed by atoms with E-state index in [1.54, 1.807) is 0 Å². The highest BCUT2D eigenvalue weighted by molar-refractivity contribution is 4.88. The van der Waals surface area contributed by atoms with Crippen LogP contribution in [-0.4, -0.2) is 0 Å². The van der Waals surface area contributed by atoms with E-state index in [4.69, 9.17) is 0 Å². The van der Waals surface area contributed by atoms with E-state index in [0.29, 0.717) is 5.41 Å². The summed E-state index contributed by atoms with van der Waals surface area (Å²) in [4.78, 5) is 0. The standard InChI is InChI=1S/C17H34/c1-7-14(10-16-11-15(16)8-2)13(4)12-17(5,6)9-3/h13-16H,7-12H2,1-6H3. The van der Waals surface area contributed by atoms with E-state index < -0.39 is 0 Å². The minimum atomic E-state index is 0.542. The fourth-order valence-corrected chi connectivity index (χ4v) is 3.47. The molecule has 0 N–H and O–H groups in total. The lowest BCUT2D eigenvalue weighted by atomic mass is 9.74. The molecular weight excluding hydrogens is 204 g/mol. The fourth-order valence-electron chi connectivity index (χ4n) is 3.47. The van der Waals surface area contributed by atoms with Gasteiger partial charge >= 0.3 is 0 Å². The van der Waals surface area contributed by atoms with Crippen molar-refractivity contribution in [1.29, 1.82) is 0 Å². The van der Waals surface area contributed by atoms with Crippen molar-refractivity contribution in [1.82, 2.24) is 0 Å². The average molecular weight is 238 g/mol. The Labute approximate surface area is 110 Å². The molecule has 102 valence electrons. The van der Waals surface area contributed by atoms with Crippen LogP contribution in [0.5, 0.6) is 0 Å². The molecule has 4 atom stereocenters. The van der Waals surface area contributed by atoms with E-state index in [-0.39, 0.29) is 0 Å². The predicted octanol–water partition coefficient (Wildman–Crippen LogP) is 5.91. The van der Waals surface area contributed by atoms with Crippen molar-refractivity contribution in [3.05, 3.63) is 0 Å². The zero-order valence-corrected chi connectivity index (χ0v) is 13.1. The third kappa shape index (κ3) is 4.64. The summed E-state index contributed by atoms with van der Waals surface area (Å²) < 4.78 is 0. The van der Waals surface area contributed by atoms with Crippen molar-refractivity contribution >= 4 is 0 Å². The Kier molecular flexibility index (Phi) is 5.54.